The van der Waals surface area contributed by atoms with Crippen molar-refractivity contribution in [3.63, 3.8) is 0 Å². The summed E-state index contributed by atoms with van der Waals surface area (Å²) in [5, 5.41) is 13.0. The smallest absolute Gasteiger partial charge is 0.236 e. The summed E-state index contributed by atoms with van der Waals surface area (Å²) < 4.78 is 0. The fourth-order valence-corrected chi connectivity index (χ4v) is 3.07. The quantitative estimate of drug-likeness (QED) is 0.681. The first kappa shape index (κ1) is 13.2. The number of aromatic amines is 1. The average Bonchev–Trinajstić information content (AvgIpc) is 3.20. The van der Waals surface area contributed by atoms with Gasteiger partial charge < -0.3 is 10.6 Å². The van der Waals surface area contributed by atoms with Crippen molar-refractivity contribution in [3.8, 4) is 11.4 Å². The van der Waals surface area contributed by atoms with Gasteiger partial charge in [0.05, 0.1) is 23.0 Å². The zero-order valence-electron chi connectivity index (χ0n) is 12.6. The molecule has 2 aliphatic rings. The molecule has 4 heterocycles. The Morgan fingerprint density at radius 2 is 2.08 bits per heavy atom. The zero-order chi connectivity index (χ0) is 16.1. The van der Waals surface area contributed by atoms with E-state index in [2.05, 4.69) is 35.8 Å². The Morgan fingerprint density at radius 1 is 1.17 bits per heavy atom. The third kappa shape index (κ3) is 1.82. The number of nitrogens with one attached hydrogen (secondary N) is 3. The van der Waals surface area contributed by atoms with E-state index in [4.69, 9.17) is 0 Å². The molecule has 1 amide bonds. The lowest BCUT2D eigenvalue weighted by atomic mass is 10.0. The number of H-pyrrole nitrogens is 1. The molecule has 0 bridgehead atoms. The molecule has 8 heteroatoms. The molecule has 0 saturated heterocycles. The SMILES string of the molecule is O=C1Nc2nc(Nc3cn[nH]c3-c3ccccn3)ncc2C12CC2. The summed E-state index contributed by atoms with van der Waals surface area (Å²) in [4.78, 5) is 25.2. The van der Waals surface area contributed by atoms with Gasteiger partial charge >= 0.3 is 0 Å². The summed E-state index contributed by atoms with van der Waals surface area (Å²) >= 11 is 0. The van der Waals surface area contributed by atoms with Gasteiger partial charge in [-0.15, -0.1) is 0 Å². The number of rotatable bonds is 3. The van der Waals surface area contributed by atoms with Crippen LogP contribution in [0.25, 0.3) is 11.4 Å². The van der Waals surface area contributed by atoms with Gasteiger partial charge in [-0.3, -0.25) is 14.9 Å². The second-order valence-corrected chi connectivity index (χ2v) is 5.99. The van der Waals surface area contributed by atoms with E-state index in [9.17, 15) is 4.79 Å². The van der Waals surface area contributed by atoms with Gasteiger partial charge in [0.25, 0.3) is 0 Å². The number of fused-ring (bicyclic) bond motifs is 2. The van der Waals surface area contributed by atoms with Crippen molar-refractivity contribution in [2.45, 2.75) is 18.3 Å². The Labute approximate surface area is 136 Å². The Morgan fingerprint density at radius 3 is 2.88 bits per heavy atom. The van der Waals surface area contributed by atoms with Crippen LogP contribution in [0.5, 0.6) is 0 Å². The number of hydrogen-bond donors (Lipinski definition) is 3. The highest BCUT2D eigenvalue weighted by Gasteiger charge is 2.57. The van der Waals surface area contributed by atoms with Crippen molar-refractivity contribution in [2.75, 3.05) is 10.6 Å². The highest BCUT2D eigenvalue weighted by molar-refractivity contribution is 6.07. The Balaban J connectivity index is 1.47. The minimum absolute atomic E-state index is 0.0291. The van der Waals surface area contributed by atoms with Gasteiger partial charge in [0.1, 0.15) is 11.5 Å². The predicted molar refractivity (Wildman–Crippen MR) is 86.7 cm³/mol. The molecule has 0 aromatic carbocycles. The largest absolute Gasteiger partial charge is 0.321 e. The second kappa shape index (κ2) is 4.60. The number of carbonyl (C=O) groups excluding carboxylic acids is 1. The lowest BCUT2D eigenvalue weighted by Crippen LogP contribution is -2.18. The number of anilines is 3. The third-order valence-electron chi connectivity index (χ3n) is 4.53. The van der Waals surface area contributed by atoms with Crippen LogP contribution in [-0.2, 0) is 10.2 Å². The number of nitrogens with zero attached hydrogens (tertiary/aromatic N) is 4. The van der Waals surface area contributed by atoms with E-state index < -0.39 is 0 Å². The highest BCUT2D eigenvalue weighted by atomic mass is 16.2. The highest BCUT2D eigenvalue weighted by Crippen LogP contribution is 2.54. The molecular weight excluding hydrogens is 306 g/mol. The van der Waals surface area contributed by atoms with Crippen molar-refractivity contribution in [2.24, 2.45) is 0 Å². The molecule has 1 fully saturated rings. The molecule has 118 valence electrons. The molecule has 1 saturated carbocycles. The Hall–Kier alpha value is -3.29. The van der Waals surface area contributed by atoms with E-state index in [0.717, 1.165) is 35.5 Å². The van der Waals surface area contributed by atoms with Crippen molar-refractivity contribution >= 4 is 23.4 Å². The molecule has 3 aromatic rings. The standard InChI is InChI=1S/C16H13N7O/c24-14-16(4-5-16)9-7-18-15(22-13(9)21-14)20-11-8-19-23-12(11)10-3-1-2-6-17-10/h1-3,6-8H,4-5H2,(H,19,23)(H2,18,20,21,22,24). The number of hydrogen-bond acceptors (Lipinski definition) is 6. The van der Waals surface area contributed by atoms with Crippen LogP contribution in [0.3, 0.4) is 0 Å². The maximum atomic E-state index is 12.1. The summed E-state index contributed by atoms with van der Waals surface area (Å²) in [5.74, 6) is 1.03. The Bertz CT molecular complexity index is 946. The molecule has 0 radical (unpaired) electrons. The monoisotopic (exact) mass is 319 g/mol. The summed E-state index contributed by atoms with van der Waals surface area (Å²) in [7, 11) is 0. The number of pyridine rings is 1. The van der Waals surface area contributed by atoms with E-state index >= 15 is 0 Å². The molecule has 5 rings (SSSR count). The van der Waals surface area contributed by atoms with Crippen molar-refractivity contribution in [1.29, 1.82) is 0 Å². The summed E-state index contributed by atoms with van der Waals surface area (Å²) in [6.07, 6.45) is 6.84. The number of aromatic nitrogens is 5. The number of amides is 1. The summed E-state index contributed by atoms with van der Waals surface area (Å²) in [6.45, 7) is 0. The molecule has 1 aliphatic carbocycles. The maximum Gasteiger partial charge on any atom is 0.236 e. The van der Waals surface area contributed by atoms with Gasteiger partial charge in [-0.2, -0.15) is 10.1 Å². The molecule has 8 nitrogen and oxygen atoms in total. The first-order valence-corrected chi connectivity index (χ1v) is 7.67. The van der Waals surface area contributed by atoms with Crippen LogP contribution in [0, 0.1) is 0 Å². The normalized spacial score (nSPS) is 16.8. The van der Waals surface area contributed by atoms with Gasteiger partial charge in [-0.25, -0.2) is 4.98 Å². The molecular formula is C16H13N7O. The molecule has 1 spiro atoms. The molecule has 0 unspecified atom stereocenters. The predicted octanol–water partition coefficient (Wildman–Crippen LogP) is 1.99. The van der Waals surface area contributed by atoms with E-state index in [1.807, 2.05) is 18.2 Å². The lowest BCUT2D eigenvalue weighted by Gasteiger charge is -2.07. The first-order valence-electron chi connectivity index (χ1n) is 7.67. The van der Waals surface area contributed by atoms with E-state index in [-0.39, 0.29) is 11.3 Å². The number of carbonyl (C=O) groups is 1. The van der Waals surface area contributed by atoms with Gasteiger partial charge in [0.15, 0.2) is 0 Å². The van der Waals surface area contributed by atoms with Gasteiger partial charge in [0, 0.05) is 18.0 Å². The molecule has 24 heavy (non-hydrogen) atoms. The maximum absolute atomic E-state index is 12.1. The summed E-state index contributed by atoms with van der Waals surface area (Å²) in [6, 6.07) is 5.65. The van der Waals surface area contributed by atoms with E-state index in [1.165, 1.54) is 0 Å². The second-order valence-electron chi connectivity index (χ2n) is 5.99. The minimum Gasteiger partial charge on any atom is -0.321 e. The first-order chi connectivity index (χ1) is 11.8. The van der Waals surface area contributed by atoms with E-state index in [0.29, 0.717) is 11.8 Å². The average molecular weight is 319 g/mol. The summed E-state index contributed by atoms with van der Waals surface area (Å²) in [5.41, 5.74) is 2.77. The van der Waals surface area contributed by atoms with Crippen molar-refractivity contribution < 1.29 is 4.79 Å². The van der Waals surface area contributed by atoms with E-state index in [1.54, 1.807) is 18.6 Å². The van der Waals surface area contributed by atoms with Gasteiger partial charge in [0.2, 0.25) is 11.9 Å². The van der Waals surface area contributed by atoms with Gasteiger partial charge in [-0.1, -0.05) is 6.07 Å². The lowest BCUT2D eigenvalue weighted by molar-refractivity contribution is -0.117. The van der Waals surface area contributed by atoms with Gasteiger partial charge in [-0.05, 0) is 25.0 Å². The van der Waals surface area contributed by atoms with Crippen molar-refractivity contribution in [3.05, 3.63) is 42.4 Å². The molecule has 3 aromatic heterocycles. The van der Waals surface area contributed by atoms with Crippen LogP contribution in [0.15, 0.2) is 36.8 Å². The van der Waals surface area contributed by atoms with Crippen LogP contribution in [-0.4, -0.2) is 31.1 Å². The fourth-order valence-electron chi connectivity index (χ4n) is 3.07. The minimum atomic E-state index is -0.372. The Kier molecular flexibility index (Phi) is 2.53. The molecule has 0 atom stereocenters. The molecule has 3 N–H and O–H groups in total. The third-order valence-corrected chi connectivity index (χ3v) is 4.53. The topological polar surface area (TPSA) is 108 Å². The molecule has 1 aliphatic heterocycles. The fraction of sp³-hybridized carbons (Fsp3) is 0.188. The van der Waals surface area contributed by atoms with Crippen molar-refractivity contribution in [1.82, 2.24) is 25.1 Å². The van der Waals surface area contributed by atoms with Crippen LogP contribution < -0.4 is 10.6 Å². The van der Waals surface area contributed by atoms with Crippen LogP contribution >= 0.6 is 0 Å². The zero-order valence-corrected chi connectivity index (χ0v) is 12.6. The van der Waals surface area contributed by atoms with Crippen LogP contribution in [0.2, 0.25) is 0 Å². The van der Waals surface area contributed by atoms with Crippen LogP contribution in [0.4, 0.5) is 17.5 Å². The van der Waals surface area contributed by atoms with Crippen LogP contribution in [0.1, 0.15) is 18.4 Å².